The predicted octanol–water partition coefficient (Wildman–Crippen LogP) is 0.811. The second-order valence-corrected chi connectivity index (χ2v) is 5.06. The van der Waals surface area contributed by atoms with Gasteiger partial charge in [0, 0.05) is 26.1 Å². The monoisotopic (exact) mass is 274 g/mol. The van der Waals surface area contributed by atoms with Gasteiger partial charge in [0.2, 0.25) is 5.91 Å². The Labute approximate surface area is 116 Å². The van der Waals surface area contributed by atoms with Crippen LogP contribution in [0, 0.1) is 0 Å². The molecule has 7 heteroatoms. The Bertz CT molecular complexity index is 622. The predicted molar refractivity (Wildman–Crippen MR) is 74.8 cm³/mol. The van der Waals surface area contributed by atoms with E-state index >= 15 is 0 Å². The van der Waals surface area contributed by atoms with E-state index in [-0.39, 0.29) is 5.91 Å². The van der Waals surface area contributed by atoms with Crippen molar-refractivity contribution in [2.75, 3.05) is 18.8 Å². The molecular formula is C13H18N6O. The number of carbonyl (C=O) groups is 1. The number of likely N-dealkylation sites (tertiary alicyclic amines) is 1. The smallest absolute Gasteiger partial charge is 0.222 e. The SMILES string of the molecule is Nc1ncnc2c1ncn2CCCN1CCCCC1=O. The molecule has 1 aliphatic heterocycles. The zero-order valence-corrected chi connectivity index (χ0v) is 11.3. The van der Waals surface area contributed by atoms with Gasteiger partial charge in [-0.05, 0) is 19.3 Å². The van der Waals surface area contributed by atoms with Crippen molar-refractivity contribution in [3.05, 3.63) is 12.7 Å². The normalized spacial score (nSPS) is 16.0. The van der Waals surface area contributed by atoms with Crippen molar-refractivity contribution in [2.45, 2.75) is 32.2 Å². The molecule has 2 aromatic rings. The molecule has 1 aliphatic rings. The van der Waals surface area contributed by atoms with E-state index in [0.717, 1.165) is 44.5 Å². The van der Waals surface area contributed by atoms with Crippen LogP contribution in [-0.2, 0) is 11.3 Å². The lowest BCUT2D eigenvalue weighted by Crippen LogP contribution is -2.36. The first-order chi connectivity index (χ1) is 9.75. The van der Waals surface area contributed by atoms with E-state index in [0.29, 0.717) is 17.8 Å². The molecule has 1 saturated heterocycles. The van der Waals surface area contributed by atoms with Gasteiger partial charge in [-0.3, -0.25) is 4.79 Å². The summed E-state index contributed by atoms with van der Waals surface area (Å²) in [5, 5.41) is 0. The maximum Gasteiger partial charge on any atom is 0.222 e. The Kier molecular flexibility index (Phi) is 3.49. The average Bonchev–Trinajstić information content (AvgIpc) is 2.86. The topological polar surface area (TPSA) is 89.9 Å². The molecule has 0 aliphatic carbocycles. The highest BCUT2D eigenvalue weighted by Gasteiger charge is 2.17. The number of nitrogens with zero attached hydrogens (tertiary/aromatic N) is 5. The molecule has 2 aromatic heterocycles. The van der Waals surface area contributed by atoms with Crippen molar-refractivity contribution in [2.24, 2.45) is 0 Å². The van der Waals surface area contributed by atoms with Gasteiger partial charge >= 0.3 is 0 Å². The lowest BCUT2D eigenvalue weighted by Gasteiger charge is -2.26. The van der Waals surface area contributed by atoms with Crippen LogP contribution in [0.3, 0.4) is 0 Å². The molecule has 3 heterocycles. The van der Waals surface area contributed by atoms with Gasteiger partial charge in [-0.25, -0.2) is 15.0 Å². The second-order valence-electron chi connectivity index (χ2n) is 5.06. The number of fused-ring (bicyclic) bond motifs is 1. The molecule has 2 N–H and O–H groups in total. The van der Waals surface area contributed by atoms with Crippen molar-refractivity contribution in [1.82, 2.24) is 24.4 Å². The van der Waals surface area contributed by atoms with Crippen LogP contribution >= 0.6 is 0 Å². The molecule has 0 bridgehead atoms. The summed E-state index contributed by atoms with van der Waals surface area (Å²) in [5.74, 6) is 0.679. The van der Waals surface area contributed by atoms with E-state index in [1.807, 2.05) is 9.47 Å². The number of hydrogen-bond donors (Lipinski definition) is 1. The third kappa shape index (κ3) is 2.43. The molecular weight excluding hydrogens is 256 g/mol. The summed E-state index contributed by atoms with van der Waals surface area (Å²) in [6.07, 6.45) is 6.90. The first-order valence-corrected chi connectivity index (χ1v) is 6.95. The van der Waals surface area contributed by atoms with Crippen LogP contribution in [0.4, 0.5) is 5.82 Å². The first-order valence-electron chi connectivity index (χ1n) is 6.95. The fraction of sp³-hybridized carbons (Fsp3) is 0.538. The van der Waals surface area contributed by atoms with Gasteiger partial charge in [-0.1, -0.05) is 0 Å². The first kappa shape index (κ1) is 12.8. The summed E-state index contributed by atoms with van der Waals surface area (Å²) in [6.45, 7) is 2.45. The molecule has 0 atom stereocenters. The maximum absolute atomic E-state index is 11.7. The molecule has 20 heavy (non-hydrogen) atoms. The molecule has 1 fully saturated rings. The molecule has 0 radical (unpaired) electrons. The zero-order chi connectivity index (χ0) is 13.9. The van der Waals surface area contributed by atoms with Crippen LogP contribution in [0.5, 0.6) is 0 Å². The highest BCUT2D eigenvalue weighted by molar-refractivity contribution is 5.81. The minimum atomic E-state index is 0.276. The maximum atomic E-state index is 11.7. The number of rotatable bonds is 4. The van der Waals surface area contributed by atoms with Crippen LogP contribution in [-0.4, -0.2) is 43.4 Å². The quantitative estimate of drug-likeness (QED) is 0.891. The van der Waals surface area contributed by atoms with Gasteiger partial charge in [0.25, 0.3) is 0 Å². The van der Waals surface area contributed by atoms with E-state index in [1.54, 1.807) is 6.33 Å². The van der Waals surface area contributed by atoms with E-state index in [2.05, 4.69) is 15.0 Å². The average molecular weight is 274 g/mol. The Morgan fingerprint density at radius 2 is 2.10 bits per heavy atom. The largest absolute Gasteiger partial charge is 0.382 e. The lowest BCUT2D eigenvalue weighted by atomic mass is 10.1. The summed E-state index contributed by atoms with van der Waals surface area (Å²) in [6, 6.07) is 0. The van der Waals surface area contributed by atoms with E-state index < -0.39 is 0 Å². The van der Waals surface area contributed by atoms with Crippen molar-refractivity contribution in [3.63, 3.8) is 0 Å². The van der Waals surface area contributed by atoms with Crippen molar-refractivity contribution in [1.29, 1.82) is 0 Å². The molecule has 0 saturated carbocycles. The Morgan fingerprint density at radius 1 is 1.20 bits per heavy atom. The summed E-state index contributed by atoms with van der Waals surface area (Å²) in [4.78, 5) is 26.0. The number of aromatic nitrogens is 4. The molecule has 7 nitrogen and oxygen atoms in total. The Balaban J connectivity index is 1.63. The number of imidazole rings is 1. The lowest BCUT2D eigenvalue weighted by molar-refractivity contribution is -0.133. The third-order valence-corrected chi connectivity index (χ3v) is 3.68. The number of nitrogens with two attached hydrogens (primary N) is 1. The second kappa shape index (κ2) is 5.44. The number of piperidine rings is 1. The van der Waals surface area contributed by atoms with Crippen LogP contribution in [0.15, 0.2) is 12.7 Å². The molecule has 0 spiro atoms. The minimum absolute atomic E-state index is 0.276. The summed E-state index contributed by atoms with van der Waals surface area (Å²) in [7, 11) is 0. The van der Waals surface area contributed by atoms with Crippen LogP contribution in [0.1, 0.15) is 25.7 Å². The van der Waals surface area contributed by atoms with E-state index in [1.165, 1.54) is 6.33 Å². The highest BCUT2D eigenvalue weighted by Crippen LogP contribution is 2.15. The number of anilines is 1. The van der Waals surface area contributed by atoms with E-state index in [9.17, 15) is 4.79 Å². The number of aryl methyl sites for hydroxylation is 1. The van der Waals surface area contributed by atoms with Gasteiger partial charge in [-0.15, -0.1) is 0 Å². The molecule has 0 aromatic carbocycles. The van der Waals surface area contributed by atoms with Crippen LogP contribution < -0.4 is 5.73 Å². The molecule has 0 unspecified atom stereocenters. The van der Waals surface area contributed by atoms with Crippen molar-refractivity contribution >= 4 is 22.9 Å². The third-order valence-electron chi connectivity index (χ3n) is 3.68. The van der Waals surface area contributed by atoms with E-state index in [4.69, 9.17) is 5.73 Å². The molecule has 3 rings (SSSR count). The summed E-state index contributed by atoms with van der Waals surface area (Å²) < 4.78 is 1.96. The van der Waals surface area contributed by atoms with Gasteiger partial charge in [-0.2, -0.15) is 0 Å². The highest BCUT2D eigenvalue weighted by atomic mass is 16.2. The summed E-state index contributed by atoms with van der Waals surface area (Å²) in [5.41, 5.74) is 7.15. The standard InChI is InChI=1S/C13H18N6O/c14-12-11-13(16-8-15-12)19(9-17-11)7-3-6-18-5-2-1-4-10(18)20/h8-9H,1-7H2,(H2,14,15,16). The van der Waals surface area contributed by atoms with Crippen molar-refractivity contribution in [3.8, 4) is 0 Å². The Morgan fingerprint density at radius 3 is 2.95 bits per heavy atom. The minimum Gasteiger partial charge on any atom is -0.382 e. The fourth-order valence-electron chi connectivity index (χ4n) is 2.59. The zero-order valence-electron chi connectivity index (χ0n) is 11.3. The van der Waals surface area contributed by atoms with Gasteiger partial charge < -0.3 is 15.2 Å². The Hall–Kier alpha value is -2.18. The van der Waals surface area contributed by atoms with Gasteiger partial charge in [0.1, 0.15) is 11.8 Å². The number of nitrogen functional groups attached to an aromatic ring is 1. The van der Waals surface area contributed by atoms with Crippen molar-refractivity contribution < 1.29 is 4.79 Å². The van der Waals surface area contributed by atoms with Crippen LogP contribution in [0.2, 0.25) is 0 Å². The van der Waals surface area contributed by atoms with Crippen LogP contribution in [0.25, 0.3) is 11.2 Å². The molecule has 106 valence electrons. The number of hydrogen-bond acceptors (Lipinski definition) is 5. The summed E-state index contributed by atoms with van der Waals surface area (Å²) >= 11 is 0. The van der Waals surface area contributed by atoms with Gasteiger partial charge in [0.05, 0.1) is 6.33 Å². The van der Waals surface area contributed by atoms with Gasteiger partial charge in [0.15, 0.2) is 11.5 Å². The number of carbonyl (C=O) groups excluding carboxylic acids is 1. The number of amides is 1. The fourth-order valence-corrected chi connectivity index (χ4v) is 2.59. The molecule has 1 amide bonds.